The molecule has 2 radical (unpaired) electrons. The average Bonchev–Trinajstić information content (AvgIpc) is 1.25. The molecule has 0 rings (SSSR count). The Labute approximate surface area is 88.4 Å². The average molecular weight is 338 g/mol. The molecule has 70 valence electrons. The number of carboxylic acids is 1. The molecule has 0 aliphatic carbocycles. The van der Waals surface area contributed by atoms with E-state index in [0.29, 0.717) is 0 Å². The van der Waals surface area contributed by atoms with Crippen molar-refractivity contribution in [1.82, 2.24) is 0 Å². The van der Waals surface area contributed by atoms with Crippen molar-refractivity contribution in [2.45, 2.75) is 6.92 Å². The molecule has 0 aliphatic heterocycles. The fourth-order valence-electron chi connectivity index (χ4n) is 0. The van der Waals surface area contributed by atoms with Crippen molar-refractivity contribution < 1.29 is 69.7 Å². The van der Waals surface area contributed by atoms with Gasteiger partial charge in [0.2, 0.25) is 0 Å². The number of rotatable bonds is 0. The van der Waals surface area contributed by atoms with Gasteiger partial charge in [-0.05, 0) is 0 Å². The van der Waals surface area contributed by atoms with Crippen LogP contribution in [0.2, 0.25) is 0 Å². The zero-order chi connectivity index (χ0) is 7.15. The molecular weight excluding hydrogens is 332 g/mol. The number of hydrogen-bond donors (Lipinski definition) is 3. The summed E-state index contributed by atoms with van der Waals surface area (Å²) in [5.74, 6) is -0.833. The summed E-state index contributed by atoms with van der Waals surface area (Å²) >= 11 is 0. The largest absolute Gasteiger partial charge is 0.503 e. The Morgan fingerprint density at radius 2 is 1.00 bits per heavy atom. The van der Waals surface area contributed by atoms with Gasteiger partial charge in [0.1, 0.15) is 0 Å². The van der Waals surface area contributed by atoms with Crippen molar-refractivity contribution in [1.29, 1.82) is 0 Å². The number of aliphatic carboxylic acids is 1. The SMILES string of the molecule is CC(=O)O.O=C(O)O.[Ag].[Ag]. The Morgan fingerprint density at radius 1 is 1.00 bits per heavy atom. The van der Waals surface area contributed by atoms with Crippen LogP contribution in [0.25, 0.3) is 0 Å². The number of carbonyl (C=O) groups is 2. The second-order valence-electron chi connectivity index (χ2n) is 0.802. The second kappa shape index (κ2) is 16.1. The van der Waals surface area contributed by atoms with Crippen LogP contribution in [-0.2, 0) is 49.6 Å². The van der Waals surface area contributed by atoms with Crippen LogP contribution in [0.3, 0.4) is 0 Å². The first-order chi connectivity index (χ1) is 3.46. The van der Waals surface area contributed by atoms with Gasteiger partial charge >= 0.3 is 6.16 Å². The van der Waals surface area contributed by atoms with Crippen LogP contribution < -0.4 is 0 Å². The molecule has 5 nitrogen and oxygen atoms in total. The number of hydrogen-bond acceptors (Lipinski definition) is 2. The van der Waals surface area contributed by atoms with Gasteiger partial charge in [-0.2, -0.15) is 0 Å². The molecule has 0 aromatic heterocycles. The summed E-state index contributed by atoms with van der Waals surface area (Å²) in [5.41, 5.74) is 0. The maximum absolute atomic E-state index is 9.00. The third-order valence-electron chi connectivity index (χ3n) is 0. The van der Waals surface area contributed by atoms with Gasteiger partial charge in [-0.3, -0.25) is 4.79 Å². The molecule has 0 saturated heterocycles. The van der Waals surface area contributed by atoms with Crippen LogP contribution >= 0.6 is 0 Å². The van der Waals surface area contributed by atoms with Gasteiger partial charge in [0.25, 0.3) is 5.97 Å². The Balaban J connectivity index is -0.0000000300. The molecule has 0 saturated carbocycles. The third kappa shape index (κ3) is 8810. The van der Waals surface area contributed by atoms with E-state index in [0.717, 1.165) is 6.92 Å². The summed E-state index contributed by atoms with van der Waals surface area (Å²) in [7, 11) is 0. The molecule has 0 spiro atoms. The normalized spacial score (nSPS) is 4.90. The Kier molecular flexibility index (Phi) is 36.2. The molecule has 0 aromatic rings. The minimum absolute atomic E-state index is 0. The zero-order valence-corrected chi connectivity index (χ0v) is 7.73. The van der Waals surface area contributed by atoms with Gasteiger partial charge in [-0.25, -0.2) is 4.79 Å². The van der Waals surface area contributed by atoms with Crippen molar-refractivity contribution in [2.75, 3.05) is 0 Å². The van der Waals surface area contributed by atoms with Crippen LogP contribution in [0.1, 0.15) is 6.92 Å². The summed E-state index contributed by atoms with van der Waals surface area (Å²) in [6, 6.07) is 0. The monoisotopic (exact) mass is 336 g/mol. The van der Waals surface area contributed by atoms with E-state index in [4.69, 9.17) is 24.9 Å². The summed E-state index contributed by atoms with van der Waals surface area (Å²) < 4.78 is 0. The molecule has 0 aliphatic rings. The molecule has 3 N–H and O–H groups in total. The molecule has 7 heteroatoms. The van der Waals surface area contributed by atoms with Crippen LogP contribution in [0.5, 0.6) is 0 Å². The molecule has 0 unspecified atom stereocenters. The minimum atomic E-state index is -1.83. The first-order valence-corrected chi connectivity index (χ1v) is 1.58. The minimum Gasteiger partial charge on any atom is -0.481 e. The van der Waals surface area contributed by atoms with Gasteiger partial charge in [-0.15, -0.1) is 0 Å². The van der Waals surface area contributed by atoms with Crippen molar-refractivity contribution in [3.8, 4) is 0 Å². The fraction of sp³-hybridized carbons (Fsp3) is 0.333. The molecule has 10 heavy (non-hydrogen) atoms. The van der Waals surface area contributed by atoms with E-state index in [1.807, 2.05) is 0 Å². The maximum Gasteiger partial charge on any atom is 0.503 e. The molecule has 0 fully saturated rings. The number of carboxylic acid groups (broad SMARTS) is 3. The molecule has 0 amide bonds. The van der Waals surface area contributed by atoms with E-state index in [1.54, 1.807) is 0 Å². The smallest absolute Gasteiger partial charge is 0.481 e. The van der Waals surface area contributed by atoms with E-state index < -0.39 is 12.1 Å². The fourth-order valence-corrected chi connectivity index (χ4v) is 0. The second-order valence-corrected chi connectivity index (χ2v) is 0.802. The molecule has 0 atom stereocenters. The van der Waals surface area contributed by atoms with Crippen molar-refractivity contribution in [3.05, 3.63) is 0 Å². The molecule has 0 aromatic carbocycles. The van der Waals surface area contributed by atoms with Gasteiger partial charge in [0, 0.05) is 51.7 Å². The van der Waals surface area contributed by atoms with Crippen LogP contribution in [0, 0.1) is 0 Å². The van der Waals surface area contributed by atoms with Crippen molar-refractivity contribution in [2.24, 2.45) is 0 Å². The van der Waals surface area contributed by atoms with Gasteiger partial charge < -0.3 is 15.3 Å². The molecule has 0 heterocycles. The summed E-state index contributed by atoms with van der Waals surface area (Å²) in [6.45, 7) is 1.08. The van der Waals surface area contributed by atoms with Crippen LogP contribution in [-0.4, -0.2) is 27.4 Å². The van der Waals surface area contributed by atoms with Crippen LogP contribution in [0.15, 0.2) is 0 Å². The first kappa shape index (κ1) is 22.5. The zero-order valence-electron chi connectivity index (χ0n) is 4.76. The quantitative estimate of drug-likeness (QED) is 0.553. The van der Waals surface area contributed by atoms with Gasteiger partial charge in [0.15, 0.2) is 0 Å². The standard InChI is InChI=1S/C2H4O2.CH2O3.2Ag/c1-2(3)4;2-1(3)4;;/h1H3,(H,3,4);(H2,2,3,4);;. The predicted octanol–water partition coefficient (Wildman–Crippen LogP) is 0.308. The Hall–Kier alpha value is 0.221. The Morgan fingerprint density at radius 3 is 1.00 bits per heavy atom. The van der Waals surface area contributed by atoms with E-state index in [2.05, 4.69) is 0 Å². The topological polar surface area (TPSA) is 94.8 Å². The predicted molar refractivity (Wildman–Crippen MR) is 24.0 cm³/mol. The third-order valence-corrected chi connectivity index (χ3v) is 0. The van der Waals surface area contributed by atoms with E-state index in [1.165, 1.54) is 0 Å². The first-order valence-electron chi connectivity index (χ1n) is 1.58. The van der Waals surface area contributed by atoms with Gasteiger partial charge in [0.05, 0.1) is 0 Å². The van der Waals surface area contributed by atoms with E-state index in [-0.39, 0.29) is 44.8 Å². The van der Waals surface area contributed by atoms with Crippen molar-refractivity contribution in [3.63, 3.8) is 0 Å². The van der Waals surface area contributed by atoms with Crippen LogP contribution in [0.4, 0.5) is 4.79 Å². The maximum atomic E-state index is 9.00. The molecular formula is C3H6Ag2O5. The summed E-state index contributed by atoms with van der Waals surface area (Å²) in [5, 5.41) is 21.4. The Bertz CT molecular complexity index is 72.9. The van der Waals surface area contributed by atoms with Gasteiger partial charge in [-0.1, -0.05) is 0 Å². The molecule has 0 bridgehead atoms. The summed E-state index contributed by atoms with van der Waals surface area (Å²) in [4.78, 5) is 17.6. The van der Waals surface area contributed by atoms with E-state index >= 15 is 0 Å². The summed E-state index contributed by atoms with van der Waals surface area (Å²) in [6.07, 6.45) is -1.83. The van der Waals surface area contributed by atoms with Crippen molar-refractivity contribution >= 4 is 12.1 Å². The van der Waals surface area contributed by atoms with E-state index in [9.17, 15) is 0 Å².